The summed E-state index contributed by atoms with van der Waals surface area (Å²) in [6, 6.07) is 4.93. The molecule has 0 aromatic heterocycles. The molecule has 0 spiro atoms. The number of methoxy groups -OCH3 is 1. The smallest absolute Gasteiger partial charge is 0.328 e. The summed E-state index contributed by atoms with van der Waals surface area (Å²) in [5.74, 6) is 0.894. The van der Waals surface area contributed by atoms with E-state index in [1.165, 1.54) is 0 Å². The summed E-state index contributed by atoms with van der Waals surface area (Å²) in [7, 11) is 1.57. The average Bonchev–Trinajstić information content (AvgIpc) is 2.73. The van der Waals surface area contributed by atoms with Crippen molar-refractivity contribution in [3.63, 3.8) is 0 Å². The summed E-state index contributed by atoms with van der Waals surface area (Å²) in [5, 5.41) is 2.56. The van der Waals surface area contributed by atoms with Crippen LogP contribution < -0.4 is 14.8 Å². The van der Waals surface area contributed by atoms with Crippen molar-refractivity contribution >= 4 is 18.0 Å². The number of hydrogen-bond acceptors (Lipinski definition) is 4. The molecule has 0 radical (unpaired) electrons. The van der Waals surface area contributed by atoms with Crippen LogP contribution in [0.5, 0.6) is 11.5 Å². The highest BCUT2D eigenvalue weighted by molar-refractivity contribution is 6.13. The number of amides is 3. The molecule has 2 rings (SSSR count). The Bertz CT molecular complexity index is 595. The Kier molecular flexibility index (Phi) is 4.47. The lowest BCUT2D eigenvalue weighted by atomic mass is 10.1. The lowest BCUT2D eigenvalue weighted by molar-refractivity contribution is -0.122. The molecule has 1 N–H and O–H groups in total. The molecule has 1 heterocycles. The number of likely N-dealkylation sites (N-methyl/N-ethyl adjacent to an activating group) is 1. The van der Waals surface area contributed by atoms with Gasteiger partial charge in [-0.3, -0.25) is 9.69 Å². The standard InChI is InChI=1S/C15H18N2O4/c1-4-17-14(18)11(16-15(17)19)8-10-6-7-12(20-3)13(9-10)21-5-2/h6-9H,4-5H2,1-3H3,(H,16,19). The zero-order valence-electron chi connectivity index (χ0n) is 12.3. The molecule has 1 fully saturated rings. The van der Waals surface area contributed by atoms with Crippen LogP contribution in [0.15, 0.2) is 23.9 Å². The van der Waals surface area contributed by atoms with Crippen molar-refractivity contribution in [3.8, 4) is 11.5 Å². The van der Waals surface area contributed by atoms with E-state index in [-0.39, 0.29) is 11.6 Å². The quantitative estimate of drug-likeness (QED) is 0.665. The highest BCUT2D eigenvalue weighted by Crippen LogP contribution is 2.29. The van der Waals surface area contributed by atoms with Crippen LogP contribution in [0.2, 0.25) is 0 Å². The Morgan fingerprint density at radius 2 is 2.00 bits per heavy atom. The van der Waals surface area contributed by atoms with Gasteiger partial charge in [0.2, 0.25) is 0 Å². The molecule has 1 aromatic rings. The molecule has 0 atom stereocenters. The van der Waals surface area contributed by atoms with Gasteiger partial charge in [-0.05, 0) is 37.6 Å². The van der Waals surface area contributed by atoms with Crippen molar-refractivity contribution < 1.29 is 19.1 Å². The van der Waals surface area contributed by atoms with Crippen molar-refractivity contribution in [2.45, 2.75) is 13.8 Å². The summed E-state index contributed by atoms with van der Waals surface area (Å²) in [5.41, 5.74) is 1.01. The number of rotatable bonds is 5. The molecule has 1 aliphatic heterocycles. The Hall–Kier alpha value is -2.50. The predicted molar refractivity (Wildman–Crippen MR) is 78.1 cm³/mol. The predicted octanol–water partition coefficient (Wildman–Crippen LogP) is 2.01. The van der Waals surface area contributed by atoms with Crippen molar-refractivity contribution in [1.82, 2.24) is 10.2 Å². The van der Waals surface area contributed by atoms with Gasteiger partial charge in [0.25, 0.3) is 5.91 Å². The molecule has 1 aliphatic rings. The number of imide groups is 1. The van der Waals surface area contributed by atoms with Crippen molar-refractivity contribution in [1.29, 1.82) is 0 Å². The largest absolute Gasteiger partial charge is 0.493 e. The Morgan fingerprint density at radius 3 is 2.57 bits per heavy atom. The molecule has 0 saturated carbocycles. The van der Waals surface area contributed by atoms with Gasteiger partial charge in [-0.15, -0.1) is 0 Å². The Morgan fingerprint density at radius 1 is 1.24 bits per heavy atom. The fourth-order valence-electron chi connectivity index (χ4n) is 2.08. The maximum absolute atomic E-state index is 12.0. The third-order valence-corrected chi connectivity index (χ3v) is 3.08. The maximum atomic E-state index is 12.0. The average molecular weight is 290 g/mol. The monoisotopic (exact) mass is 290 g/mol. The van der Waals surface area contributed by atoms with Gasteiger partial charge >= 0.3 is 6.03 Å². The molecular weight excluding hydrogens is 272 g/mol. The topological polar surface area (TPSA) is 67.9 Å². The van der Waals surface area contributed by atoms with Crippen LogP contribution in [0.3, 0.4) is 0 Å². The first kappa shape index (κ1) is 14.9. The van der Waals surface area contributed by atoms with Crippen molar-refractivity contribution in [3.05, 3.63) is 29.5 Å². The number of carbonyl (C=O) groups excluding carboxylic acids is 2. The Labute approximate surface area is 123 Å². The lowest BCUT2D eigenvalue weighted by Gasteiger charge is -2.10. The van der Waals surface area contributed by atoms with Gasteiger partial charge in [0.1, 0.15) is 5.70 Å². The summed E-state index contributed by atoms with van der Waals surface area (Å²) in [6.07, 6.45) is 1.62. The van der Waals surface area contributed by atoms with Gasteiger partial charge in [-0.2, -0.15) is 0 Å². The van der Waals surface area contributed by atoms with E-state index >= 15 is 0 Å². The second-order valence-electron chi connectivity index (χ2n) is 4.38. The number of benzene rings is 1. The van der Waals surface area contributed by atoms with E-state index in [0.29, 0.717) is 24.7 Å². The van der Waals surface area contributed by atoms with Crippen LogP contribution in [0.4, 0.5) is 4.79 Å². The first-order valence-corrected chi connectivity index (χ1v) is 6.76. The number of carbonyl (C=O) groups is 2. The number of hydrogen-bond donors (Lipinski definition) is 1. The minimum Gasteiger partial charge on any atom is -0.493 e. The summed E-state index contributed by atoms with van der Waals surface area (Å²) in [4.78, 5) is 24.7. The third kappa shape index (κ3) is 2.99. The van der Waals surface area contributed by atoms with Crippen molar-refractivity contribution in [2.75, 3.05) is 20.3 Å². The summed E-state index contributed by atoms with van der Waals surface area (Å²) in [6.45, 7) is 4.48. The number of urea groups is 1. The van der Waals surface area contributed by atoms with Gasteiger partial charge in [-0.25, -0.2) is 4.79 Å². The minimum absolute atomic E-state index is 0.259. The third-order valence-electron chi connectivity index (χ3n) is 3.08. The number of nitrogens with one attached hydrogen (secondary N) is 1. The molecule has 1 aromatic carbocycles. The number of ether oxygens (including phenoxy) is 2. The molecule has 6 heteroatoms. The molecule has 112 valence electrons. The molecule has 1 saturated heterocycles. The van der Waals surface area contributed by atoms with E-state index in [2.05, 4.69) is 5.32 Å². The second-order valence-corrected chi connectivity index (χ2v) is 4.38. The van der Waals surface area contributed by atoms with Crippen molar-refractivity contribution in [2.24, 2.45) is 0 Å². The summed E-state index contributed by atoms with van der Waals surface area (Å²) >= 11 is 0. The molecule has 0 unspecified atom stereocenters. The molecule has 6 nitrogen and oxygen atoms in total. The van der Waals surface area contributed by atoms with E-state index in [4.69, 9.17) is 9.47 Å². The van der Waals surface area contributed by atoms with Gasteiger partial charge in [0, 0.05) is 6.54 Å². The van der Waals surface area contributed by atoms with Crippen LogP contribution in [-0.4, -0.2) is 37.1 Å². The molecule has 0 aliphatic carbocycles. The van der Waals surface area contributed by atoms with Crippen LogP contribution in [0.1, 0.15) is 19.4 Å². The zero-order valence-corrected chi connectivity index (χ0v) is 12.3. The summed E-state index contributed by atoms with van der Waals surface area (Å²) < 4.78 is 10.7. The first-order chi connectivity index (χ1) is 10.1. The van der Waals surface area contributed by atoms with Gasteiger partial charge < -0.3 is 14.8 Å². The van der Waals surface area contributed by atoms with Crippen LogP contribution in [-0.2, 0) is 4.79 Å². The van der Waals surface area contributed by atoms with E-state index in [0.717, 1.165) is 10.5 Å². The highest BCUT2D eigenvalue weighted by Gasteiger charge is 2.31. The molecule has 21 heavy (non-hydrogen) atoms. The molecule has 0 bridgehead atoms. The molecular formula is C15H18N2O4. The SMILES string of the molecule is CCOc1cc(C=C2NC(=O)N(CC)C2=O)ccc1OC. The van der Waals surface area contributed by atoms with Gasteiger partial charge in [0.15, 0.2) is 11.5 Å². The highest BCUT2D eigenvalue weighted by atomic mass is 16.5. The van der Waals surface area contributed by atoms with Gasteiger partial charge in [-0.1, -0.05) is 6.07 Å². The van der Waals surface area contributed by atoms with E-state index in [1.54, 1.807) is 38.3 Å². The fourth-order valence-corrected chi connectivity index (χ4v) is 2.08. The lowest BCUT2D eigenvalue weighted by Crippen LogP contribution is -2.30. The van der Waals surface area contributed by atoms with Crippen LogP contribution in [0.25, 0.3) is 6.08 Å². The van der Waals surface area contributed by atoms with E-state index < -0.39 is 6.03 Å². The van der Waals surface area contributed by atoms with Gasteiger partial charge in [0.05, 0.1) is 13.7 Å². The first-order valence-electron chi connectivity index (χ1n) is 6.76. The van der Waals surface area contributed by atoms with E-state index in [1.807, 2.05) is 6.92 Å². The minimum atomic E-state index is -0.396. The molecule has 3 amide bonds. The van der Waals surface area contributed by atoms with Crippen LogP contribution in [0, 0.1) is 0 Å². The maximum Gasteiger partial charge on any atom is 0.328 e. The number of nitrogens with zero attached hydrogens (tertiary/aromatic N) is 1. The fraction of sp³-hybridized carbons (Fsp3) is 0.333. The zero-order chi connectivity index (χ0) is 15.4. The second kappa shape index (κ2) is 6.30. The normalized spacial score (nSPS) is 16.3. The van der Waals surface area contributed by atoms with E-state index in [9.17, 15) is 9.59 Å². The Balaban J connectivity index is 2.31. The van der Waals surface area contributed by atoms with Crippen LogP contribution >= 0.6 is 0 Å².